The van der Waals surface area contributed by atoms with E-state index in [0.29, 0.717) is 30.6 Å². The molecule has 1 saturated carbocycles. The Morgan fingerprint density at radius 3 is 2.55 bits per heavy atom. The van der Waals surface area contributed by atoms with Crippen LogP contribution in [0.3, 0.4) is 0 Å². The van der Waals surface area contributed by atoms with Gasteiger partial charge in [-0.1, -0.05) is 13.0 Å². The third-order valence-electron chi connectivity index (χ3n) is 3.86. The van der Waals surface area contributed by atoms with Crippen LogP contribution in [0, 0.1) is 11.8 Å². The van der Waals surface area contributed by atoms with Crippen LogP contribution in [0.4, 0.5) is 5.69 Å². The van der Waals surface area contributed by atoms with Crippen LogP contribution < -0.4 is 10.6 Å². The number of anilines is 1. The molecule has 0 saturated heterocycles. The second kappa shape index (κ2) is 7.06. The van der Waals surface area contributed by atoms with E-state index in [0.717, 1.165) is 6.42 Å². The number of carbonyl (C=O) groups is 3. The van der Waals surface area contributed by atoms with Gasteiger partial charge in [0.05, 0.1) is 11.8 Å². The highest BCUT2D eigenvalue weighted by Crippen LogP contribution is 2.35. The molecule has 1 aromatic carbocycles. The molecule has 2 rings (SSSR count). The lowest BCUT2D eigenvalue weighted by molar-refractivity contribution is -0.151. The first-order valence-electron chi connectivity index (χ1n) is 7.45. The quantitative estimate of drug-likeness (QED) is 0.747. The van der Waals surface area contributed by atoms with Crippen LogP contribution in [0.25, 0.3) is 0 Å². The Morgan fingerprint density at radius 1 is 1.23 bits per heavy atom. The zero-order valence-electron chi connectivity index (χ0n) is 12.5. The Kier molecular flexibility index (Phi) is 5.14. The van der Waals surface area contributed by atoms with Crippen molar-refractivity contribution in [1.29, 1.82) is 0 Å². The summed E-state index contributed by atoms with van der Waals surface area (Å²) in [6.07, 6.45) is 1.97. The summed E-state index contributed by atoms with van der Waals surface area (Å²) in [6, 6.07) is 6.64. The van der Waals surface area contributed by atoms with Gasteiger partial charge in [-0.2, -0.15) is 0 Å². The summed E-state index contributed by atoms with van der Waals surface area (Å²) in [5, 5.41) is 14.4. The number of carboxylic acid groups (broad SMARTS) is 1. The zero-order chi connectivity index (χ0) is 16.1. The number of benzene rings is 1. The van der Waals surface area contributed by atoms with E-state index >= 15 is 0 Å². The van der Waals surface area contributed by atoms with Crippen LogP contribution >= 0.6 is 0 Å². The smallest absolute Gasteiger partial charge is 0.307 e. The lowest BCUT2D eigenvalue weighted by Crippen LogP contribution is -2.41. The standard InChI is InChI=1S/C16H20N2O4/c1-2-8-17-14(19)10-4-3-5-11(9-10)18-15(20)12-6-7-13(12)16(21)22/h3-5,9,12-13H,2,6-8H2,1H3,(H,17,19)(H,18,20)(H,21,22). The maximum absolute atomic E-state index is 12.1. The van der Waals surface area contributed by atoms with Crippen LogP contribution in [0.5, 0.6) is 0 Å². The van der Waals surface area contributed by atoms with Crippen molar-refractivity contribution in [3.05, 3.63) is 29.8 Å². The number of aliphatic carboxylic acids is 1. The molecule has 2 unspecified atom stereocenters. The highest BCUT2D eigenvalue weighted by molar-refractivity contribution is 5.99. The normalized spacial score (nSPS) is 19.9. The molecule has 2 amide bonds. The highest BCUT2D eigenvalue weighted by Gasteiger charge is 2.41. The summed E-state index contributed by atoms with van der Waals surface area (Å²) in [4.78, 5) is 34.9. The Balaban J connectivity index is 2.00. The van der Waals surface area contributed by atoms with Gasteiger partial charge in [0, 0.05) is 17.8 Å². The minimum Gasteiger partial charge on any atom is -0.481 e. The number of hydrogen-bond acceptors (Lipinski definition) is 3. The fourth-order valence-electron chi connectivity index (χ4n) is 2.42. The lowest BCUT2D eigenvalue weighted by atomic mass is 9.73. The first kappa shape index (κ1) is 16.0. The van der Waals surface area contributed by atoms with E-state index in [1.54, 1.807) is 24.3 Å². The number of rotatable bonds is 6. The molecule has 118 valence electrons. The molecule has 0 spiro atoms. The summed E-state index contributed by atoms with van der Waals surface area (Å²) < 4.78 is 0. The van der Waals surface area contributed by atoms with Gasteiger partial charge in [-0.05, 0) is 37.5 Å². The van der Waals surface area contributed by atoms with Gasteiger partial charge in [0.1, 0.15) is 0 Å². The minimum absolute atomic E-state index is 0.190. The second-order valence-electron chi connectivity index (χ2n) is 5.45. The van der Waals surface area contributed by atoms with Crippen LogP contribution in [-0.2, 0) is 9.59 Å². The van der Waals surface area contributed by atoms with Crippen molar-refractivity contribution < 1.29 is 19.5 Å². The summed E-state index contributed by atoms with van der Waals surface area (Å²) in [6.45, 7) is 2.56. The van der Waals surface area contributed by atoms with E-state index in [2.05, 4.69) is 10.6 Å². The largest absolute Gasteiger partial charge is 0.481 e. The summed E-state index contributed by atoms with van der Waals surface area (Å²) in [5.74, 6) is -2.51. The van der Waals surface area contributed by atoms with Gasteiger partial charge in [-0.15, -0.1) is 0 Å². The Morgan fingerprint density at radius 2 is 1.95 bits per heavy atom. The second-order valence-corrected chi connectivity index (χ2v) is 5.45. The van der Waals surface area contributed by atoms with Crippen molar-refractivity contribution in [2.45, 2.75) is 26.2 Å². The summed E-state index contributed by atoms with van der Waals surface area (Å²) in [7, 11) is 0. The highest BCUT2D eigenvalue weighted by atomic mass is 16.4. The fraction of sp³-hybridized carbons (Fsp3) is 0.438. The average molecular weight is 304 g/mol. The molecule has 0 aromatic heterocycles. The molecular formula is C16H20N2O4. The molecule has 1 fully saturated rings. The number of amides is 2. The molecule has 0 heterocycles. The molecule has 3 N–H and O–H groups in total. The summed E-state index contributed by atoms with van der Waals surface area (Å²) in [5.41, 5.74) is 0.972. The number of carboxylic acids is 1. The van der Waals surface area contributed by atoms with Crippen LogP contribution in [-0.4, -0.2) is 29.4 Å². The van der Waals surface area contributed by atoms with E-state index in [-0.39, 0.29) is 11.8 Å². The molecule has 22 heavy (non-hydrogen) atoms. The topological polar surface area (TPSA) is 95.5 Å². The number of nitrogens with one attached hydrogen (secondary N) is 2. The first-order valence-corrected chi connectivity index (χ1v) is 7.45. The zero-order valence-corrected chi connectivity index (χ0v) is 12.5. The molecule has 6 heteroatoms. The van der Waals surface area contributed by atoms with Crippen LogP contribution in [0.15, 0.2) is 24.3 Å². The van der Waals surface area contributed by atoms with Crippen molar-refractivity contribution >= 4 is 23.5 Å². The molecule has 1 aromatic rings. The molecule has 2 atom stereocenters. The van der Waals surface area contributed by atoms with Crippen LogP contribution in [0.2, 0.25) is 0 Å². The molecule has 1 aliphatic carbocycles. The maximum Gasteiger partial charge on any atom is 0.307 e. The maximum atomic E-state index is 12.1. The lowest BCUT2D eigenvalue weighted by Gasteiger charge is -2.31. The van der Waals surface area contributed by atoms with Crippen molar-refractivity contribution in [2.75, 3.05) is 11.9 Å². The Labute approximate surface area is 128 Å². The fourth-order valence-corrected chi connectivity index (χ4v) is 2.42. The third kappa shape index (κ3) is 3.63. The Bertz CT molecular complexity index is 585. The van der Waals surface area contributed by atoms with E-state index in [1.165, 1.54) is 0 Å². The van der Waals surface area contributed by atoms with Gasteiger partial charge >= 0.3 is 5.97 Å². The van der Waals surface area contributed by atoms with Gasteiger partial charge in [-0.25, -0.2) is 0 Å². The monoisotopic (exact) mass is 304 g/mol. The van der Waals surface area contributed by atoms with E-state index < -0.39 is 17.8 Å². The van der Waals surface area contributed by atoms with E-state index in [1.807, 2.05) is 6.92 Å². The molecule has 6 nitrogen and oxygen atoms in total. The summed E-state index contributed by atoms with van der Waals surface area (Å²) >= 11 is 0. The Hall–Kier alpha value is -2.37. The molecular weight excluding hydrogens is 284 g/mol. The van der Waals surface area contributed by atoms with Crippen molar-refractivity contribution in [3.63, 3.8) is 0 Å². The predicted octanol–water partition coefficient (Wildman–Crippen LogP) is 1.88. The minimum atomic E-state index is -0.931. The molecule has 0 radical (unpaired) electrons. The van der Waals surface area contributed by atoms with Gasteiger partial charge < -0.3 is 15.7 Å². The molecule has 0 bridgehead atoms. The van der Waals surface area contributed by atoms with Crippen LogP contribution in [0.1, 0.15) is 36.5 Å². The predicted molar refractivity (Wildman–Crippen MR) is 81.5 cm³/mol. The SMILES string of the molecule is CCCNC(=O)c1cccc(NC(=O)C2CCC2C(=O)O)c1. The van der Waals surface area contributed by atoms with Gasteiger partial charge in [0.25, 0.3) is 5.91 Å². The molecule has 1 aliphatic rings. The third-order valence-corrected chi connectivity index (χ3v) is 3.86. The van der Waals surface area contributed by atoms with Gasteiger partial charge in [-0.3, -0.25) is 14.4 Å². The number of carbonyl (C=O) groups excluding carboxylic acids is 2. The van der Waals surface area contributed by atoms with E-state index in [9.17, 15) is 14.4 Å². The molecule has 0 aliphatic heterocycles. The van der Waals surface area contributed by atoms with Gasteiger partial charge in [0.15, 0.2) is 0 Å². The average Bonchev–Trinajstić information content (AvgIpc) is 2.43. The van der Waals surface area contributed by atoms with Gasteiger partial charge in [0.2, 0.25) is 5.91 Å². The van der Waals surface area contributed by atoms with Crippen molar-refractivity contribution in [1.82, 2.24) is 5.32 Å². The number of hydrogen-bond donors (Lipinski definition) is 3. The van der Waals surface area contributed by atoms with E-state index in [4.69, 9.17) is 5.11 Å². The van der Waals surface area contributed by atoms with Crippen molar-refractivity contribution in [2.24, 2.45) is 11.8 Å². The first-order chi connectivity index (χ1) is 10.5. The van der Waals surface area contributed by atoms with Crippen molar-refractivity contribution in [3.8, 4) is 0 Å².